The summed E-state index contributed by atoms with van der Waals surface area (Å²) in [5.41, 5.74) is 1.91. The third-order valence-electron chi connectivity index (χ3n) is 4.71. The predicted molar refractivity (Wildman–Crippen MR) is 116 cm³/mol. The van der Waals surface area contributed by atoms with Crippen LogP contribution in [0.3, 0.4) is 0 Å². The minimum Gasteiger partial charge on any atom is -0.339 e. The van der Waals surface area contributed by atoms with E-state index >= 15 is 0 Å². The molecule has 0 aliphatic heterocycles. The SMILES string of the molecule is CCCCN(CCCC)C(=O)c1ccc(NC(=O)Cn2cc(C)ccc2=O)cc1. The second kappa shape index (κ2) is 11.2. The molecule has 2 rings (SSSR count). The molecule has 156 valence electrons. The number of benzene rings is 1. The monoisotopic (exact) mass is 397 g/mol. The Morgan fingerprint density at radius 3 is 2.17 bits per heavy atom. The average molecular weight is 398 g/mol. The molecule has 0 radical (unpaired) electrons. The zero-order valence-corrected chi connectivity index (χ0v) is 17.6. The number of unbranched alkanes of at least 4 members (excludes halogenated alkanes) is 2. The Kier molecular flexibility index (Phi) is 8.65. The molecule has 6 heteroatoms. The van der Waals surface area contributed by atoms with Crippen molar-refractivity contribution in [1.29, 1.82) is 0 Å². The largest absolute Gasteiger partial charge is 0.339 e. The van der Waals surface area contributed by atoms with Crippen molar-refractivity contribution in [3.8, 4) is 0 Å². The molecule has 2 amide bonds. The summed E-state index contributed by atoms with van der Waals surface area (Å²) in [6.45, 7) is 7.57. The van der Waals surface area contributed by atoms with Crippen LogP contribution in [0.1, 0.15) is 55.5 Å². The first kappa shape index (κ1) is 22.4. The summed E-state index contributed by atoms with van der Waals surface area (Å²) in [5.74, 6) is -0.264. The zero-order valence-electron chi connectivity index (χ0n) is 17.6. The minimum atomic E-state index is -0.288. The lowest BCUT2D eigenvalue weighted by Crippen LogP contribution is -2.33. The molecule has 0 saturated heterocycles. The highest BCUT2D eigenvalue weighted by Gasteiger charge is 2.15. The summed E-state index contributed by atoms with van der Waals surface area (Å²) in [6, 6.07) is 10.1. The number of pyridine rings is 1. The van der Waals surface area contributed by atoms with Crippen LogP contribution >= 0.6 is 0 Å². The number of amides is 2. The molecule has 0 aliphatic rings. The molecule has 1 N–H and O–H groups in total. The Hall–Kier alpha value is -2.89. The van der Waals surface area contributed by atoms with Gasteiger partial charge in [0.15, 0.2) is 0 Å². The van der Waals surface area contributed by atoms with Gasteiger partial charge in [0, 0.05) is 36.6 Å². The molecule has 0 bridgehead atoms. The number of rotatable bonds is 10. The summed E-state index contributed by atoms with van der Waals surface area (Å²) >= 11 is 0. The van der Waals surface area contributed by atoms with Gasteiger partial charge >= 0.3 is 0 Å². The lowest BCUT2D eigenvalue weighted by molar-refractivity contribution is -0.116. The van der Waals surface area contributed by atoms with Gasteiger partial charge in [-0.05, 0) is 49.6 Å². The van der Waals surface area contributed by atoms with E-state index in [0.717, 1.165) is 44.3 Å². The van der Waals surface area contributed by atoms with Crippen LogP contribution < -0.4 is 10.9 Å². The van der Waals surface area contributed by atoms with Gasteiger partial charge in [-0.2, -0.15) is 0 Å². The van der Waals surface area contributed by atoms with Crippen LogP contribution in [-0.2, 0) is 11.3 Å². The molecular formula is C23H31N3O3. The molecule has 0 saturated carbocycles. The molecule has 29 heavy (non-hydrogen) atoms. The van der Waals surface area contributed by atoms with Crippen LogP contribution in [-0.4, -0.2) is 34.4 Å². The van der Waals surface area contributed by atoms with Gasteiger partial charge in [-0.15, -0.1) is 0 Å². The molecule has 0 aliphatic carbocycles. The second-order valence-electron chi connectivity index (χ2n) is 7.30. The topological polar surface area (TPSA) is 71.4 Å². The van der Waals surface area contributed by atoms with E-state index in [2.05, 4.69) is 19.2 Å². The number of nitrogens with zero attached hydrogens (tertiary/aromatic N) is 2. The maximum Gasteiger partial charge on any atom is 0.253 e. The van der Waals surface area contributed by atoms with Crippen molar-refractivity contribution in [2.24, 2.45) is 0 Å². The number of hydrogen-bond acceptors (Lipinski definition) is 3. The first-order valence-electron chi connectivity index (χ1n) is 10.3. The molecule has 1 heterocycles. The van der Waals surface area contributed by atoms with Crippen molar-refractivity contribution in [3.63, 3.8) is 0 Å². The molecule has 0 unspecified atom stereocenters. The number of hydrogen-bond donors (Lipinski definition) is 1. The molecule has 0 atom stereocenters. The Morgan fingerprint density at radius 2 is 1.59 bits per heavy atom. The standard InChI is InChI=1S/C23H31N3O3/c1-4-6-14-25(15-7-5-2)23(29)19-9-11-20(12-10-19)24-21(27)17-26-16-18(3)8-13-22(26)28/h8-13,16H,4-7,14-15,17H2,1-3H3,(H,24,27). The van der Waals surface area contributed by atoms with Crippen molar-refractivity contribution < 1.29 is 9.59 Å². The van der Waals surface area contributed by atoms with Gasteiger partial charge in [0.2, 0.25) is 5.91 Å². The highest BCUT2D eigenvalue weighted by atomic mass is 16.2. The Labute approximate surface area is 172 Å². The van der Waals surface area contributed by atoms with E-state index in [1.807, 2.05) is 11.8 Å². The van der Waals surface area contributed by atoms with Crippen LogP contribution in [0.2, 0.25) is 0 Å². The van der Waals surface area contributed by atoms with Crippen LogP contribution in [0.5, 0.6) is 0 Å². The van der Waals surface area contributed by atoms with E-state index in [0.29, 0.717) is 11.3 Å². The summed E-state index contributed by atoms with van der Waals surface area (Å²) < 4.78 is 1.38. The quantitative estimate of drug-likeness (QED) is 0.662. The third kappa shape index (κ3) is 6.89. The van der Waals surface area contributed by atoms with Gasteiger partial charge in [-0.1, -0.05) is 32.8 Å². The van der Waals surface area contributed by atoms with Crippen molar-refractivity contribution in [2.75, 3.05) is 18.4 Å². The van der Waals surface area contributed by atoms with E-state index in [4.69, 9.17) is 0 Å². The summed E-state index contributed by atoms with van der Waals surface area (Å²) in [5, 5.41) is 2.78. The molecule has 1 aromatic heterocycles. The Morgan fingerprint density at radius 1 is 0.966 bits per heavy atom. The predicted octanol–water partition coefficient (Wildman–Crippen LogP) is 3.84. The number of aromatic nitrogens is 1. The third-order valence-corrected chi connectivity index (χ3v) is 4.71. The fraction of sp³-hybridized carbons (Fsp3) is 0.435. The summed E-state index contributed by atoms with van der Waals surface area (Å²) in [4.78, 5) is 38.8. The first-order valence-corrected chi connectivity index (χ1v) is 10.3. The lowest BCUT2D eigenvalue weighted by Gasteiger charge is -2.22. The van der Waals surface area contributed by atoms with Gasteiger partial charge in [-0.3, -0.25) is 14.4 Å². The van der Waals surface area contributed by atoms with Crippen LogP contribution in [0.25, 0.3) is 0 Å². The maximum absolute atomic E-state index is 12.8. The van der Waals surface area contributed by atoms with Gasteiger partial charge in [-0.25, -0.2) is 0 Å². The van der Waals surface area contributed by atoms with Crippen molar-refractivity contribution in [3.05, 3.63) is 64.1 Å². The fourth-order valence-corrected chi connectivity index (χ4v) is 3.02. The molecule has 0 fully saturated rings. The van der Waals surface area contributed by atoms with Gasteiger partial charge < -0.3 is 14.8 Å². The van der Waals surface area contributed by atoms with Gasteiger partial charge in [0.1, 0.15) is 6.54 Å². The number of anilines is 1. The van der Waals surface area contributed by atoms with Crippen LogP contribution in [0, 0.1) is 6.92 Å². The molecule has 2 aromatic rings. The molecular weight excluding hydrogens is 366 g/mol. The Balaban J connectivity index is 2.01. The van der Waals surface area contributed by atoms with Gasteiger partial charge in [0.25, 0.3) is 11.5 Å². The average Bonchev–Trinajstić information content (AvgIpc) is 2.71. The Bertz CT molecular complexity index is 864. The summed E-state index contributed by atoms with van der Waals surface area (Å²) in [7, 11) is 0. The maximum atomic E-state index is 12.8. The van der Waals surface area contributed by atoms with E-state index in [-0.39, 0.29) is 23.9 Å². The number of aryl methyl sites for hydroxylation is 1. The van der Waals surface area contributed by atoms with Crippen molar-refractivity contribution in [1.82, 2.24) is 9.47 Å². The van der Waals surface area contributed by atoms with E-state index in [1.54, 1.807) is 36.5 Å². The highest BCUT2D eigenvalue weighted by Crippen LogP contribution is 2.13. The molecule has 0 spiro atoms. The normalized spacial score (nSPS) is 10.6. The van der Waals surface area contributed by atoms with Crippen molar-refractivity contribution in [2.45, 2.75) is 53.0 Å². The lowest BCUT2D eigenvalue weighted by atomic mass is 10.1. The number of nitrogens with one attached hydrogen (secondary N) is 1. The molecule has 1 aromatic carbocycles. The second-order valence-corrected chi connectivity index (χ2v) is 7.30. The van der Waals surface area contributed by atoms with Crippen LogP contribution in [0.15, 0.2) is 47.4 Å². The zero-order chi connectivity index (χ0) is 21.2. The summed E-state index contributed by atoms with van der Waals surface area (Å²) in [6.07, 6.45) is 5.73. The first-order chi connectivity index (χ1) is 13.9. The van der Waals surface area contributed by atoms with Crippen LogP contribution in [0.4, 0.5) is 5.69 Å². The van der Waals surface area contributed by atoms with E-state index in [9.17, 15) is 14.4 Å². The molecule has 6 nitrogen and oxygen atoms in total. The van der Waals surface area contributed by atoms with E-state index in [1.165, 1.54) is 10.6 Å². The van der Waals surface area contributed by atoms with Gasteiger partial charge in [0.05, 0.1) is 0 Å². The minimum absolute atomic E-state index is 0.0242. The smallest absolute Gasteiger partial charge is 0.253 e. The highest BCUT2D eigenvalue weighted by molar-refractivity contribution is 5.95. The number of carbonyl (C=O) groups is 2. The fourth-order valence-electron chi connectivity index (χ4n) is 3.02. The van der Waals surface area contributed by atoms with Crippen molar-refractivity contribution >= 4 is 17.5 Å². The number of carbonyl (C=O) groups excluding carboxylic acids is 2. The van der Waals surface area contributed by atoms with E-state index < -0.39 is 0 Å².